The van der Waals surface area contributed by atoms with Gasteiger partial charge >= 0.3 is 5.97 Å². The summed E-state index contributed by atoms with van der Waals surface area (Å²) in [7, 11) is 3.70. The number of aryl methyl sites for hydroxylation is 1. The molecule has 1 heterocycles. The Bertz CT molecular complexity index is 389. The van der Waals surface area contributed by atoms with Gasteiger partial charge < -0.3 is 5.11 Å². The molecule has 0 aliphatic heterocycles. The van der Waals surface area contributed by atoms with E-state index in [1.165, 1.54) is 0 Å². The molecule has 0 aliphatic rings. The van der Waals surface area contributed by atoms with E-state index in [9.17, 15) is 9.90 Å². The second kappa shape index (κ2) is 5.31. The van der Waals surface area contributed by atoms with Crippen LogP contribution in [-0.4, -0.2) is 38.3 Å². The van der Waals surface area contributed by atoms with Gasteiger partial charge in [0.1, 0.15) is 5.54 Å². The first-order valence-electron chi connectivity index (χ1n) is 5.82. The van der Waals surface area contributed by atoms with Gasteiger partial charge in [0.05, 0.1) is 6.20 Å². The van der Waals surface area contributed by atoms with Crippen LogP contribution >= 0.6 is 0 Å². The number of likely N-dealkylation sites (N-methyl/N-ethyl adjacent to an activating group) is 1. The first kappa shape index (κ1) is 13.7. The van der Waals surface area contributed by atoms with E-state index in [2.05, 4.69) is 5.10 Å². The molecule has 1 rings (SSSR count). The standard InChI is InChI=1S/C12H21N3O2/c1-5-6-12(2,11(16)17)14(3)8-10-7-13-15(4)9-10/h7,9H,5-6,8H2,1-4H3,(H,16,17). The van der Waals surface area contributed by atoms with Crippen LogP contribution in [-0.2, 0) is 18.4 Å². The maximum atomic E-state index is 11.4. The Labute approximate surface area is 102 Å². The van der Waals surface area contributed by atoms with Crippen molar-refractivity contribution in [3.05, 3.63) is 18.0 Å². The number of hydrogen-bond donors (Lipinski definition) is 1. The third kappa shape index (κ3) is 3.06. The summed E-state index contributed by atoms with van der Waals surface area (Å²) in [6.45, 7) is 4.37. The second-order valence-electron chi connectivity index (χ2n) is 4.71. The van der Waals surface area contributed by atoms with Crippen LogP contribution in [0.15, 0.2) is 12.4 Å². The summed E-state index contributed by atoms with van der Waals surface area (Å²) >= 11 is 0. The first-order valence-corrected chi connectivity index (χ1v) is 5.82. The van der Waals surface area contributed by atoms with Gasteiger partial charge in [-0.05, 0) is 20.4 Å². The highest BCUT2D eigenvalue weighted by Crippen LogP contribution is 2.22. The van der Waals surface area contributed by atoms with Gasteiger partial charge in [-0.2, -0.15) is 5.10 Å². The molecular formula is C12H21N3O2. The Morgan fingerprint density at radius 1 is 1.65 bits per heavy atom. The predicted octanol–water partition coefficient (Wildman–Crippen LogP) is 1.50. The number of aliphatic carboxylic acids is 1. The highest BCUT2D eigenvalue weighted by molar-refractivity contribution is 5.78. The molecule has 0 saturated carbocycles. The summed E-state index contributed by atoms with van der Waals surface area (Å²) in [6, 6.07) is 0. The fraction of sp³-hybridized carbons (Fsp3) is 0.667. The third-order valence-electron chi connectivity index (χ3n) is 3.22. The number of carboxylic acid groups (broad SMARTS) is 1. The molecule has 0 bridgehead atoms. The predicted molar refractivity (Wildman–Crippen MR) is 65.6 cm³/mol. The van der Waals surface area contributed by atoms with Crippen molar-refractivity contribution in [2.24, 2.45) is 7.05 Å². The quantitative estimate of drug-likeness (QED) is 0.817. The van der Waals surface area contributed by atoms with Crippen LogP contribution in [0.4, 0.5) is 0 Å². The lowest BCUT2D eigenvalue weighted by molar-refractivity contribution is -0.150. The van der Waals surface area contributed by atoms with Gasteiger partial charge in [-0.15, -0.1) is 0 Å². The summed E-state index contributed by atoms with van der Waals surface area (Å²) in [5.41, 5.74) is 0.212. The van der Waals surface area contributed by atoms with Crippen LogP contribution in [0.3, 0.4) is 0 Å². The zero-order chi connectivity index (χ0) is 13.1. The molecule has 0 radical (unpaired) electrons. The first-order chi connectivity index (χ1) is 7.90. The van der Waals surface area contributed by atoms with Crippen LogP contribution in [0.1, 0.15) is 32.3 Å². The van der Waals surface area contributed by atoms with Crippen molar-refractivity contribution >= 4 is 5.97 Å². The zero-order valence-corrected chi connectivity index (χ0v) is 11.0. The summed E-state index contributed by atoms with van der Waals surface area (Å²) in [6.07, 6.45) is 5.16. The number of nitrogens with zero attached hydrogens (tertiary/aromatic N) is 3. The normalized spacial score (nSPS) is 14.9. The molecule has 0 spiro atoms. The van der Waals surface area contributed by atoms with Gasteiger partial charge in [-0.25, -0.2) is 0 Å². The van der Waals surface area contributed by atoms with E-state index in [0.717, 1.165) is 12.0 Å². The van der Waals surface area contributed by atoms with Crippen LogP contribution in [0.25, 0.3) is 0 Å². The number of carboxylic acids is 1. The van der Waals surface area contributed by atoms with Crippen LogP contribution in [0.5, 0.6) is 0 Å². The minimum Gasteiger partial charge on any atom is -0.480 e. The highest BCUT2D eigenvalue weighted by atomic mass is 16.4. The van der Waals surface area contributed by atoms with Gasteiger partial charge in [-0.1, -0.05) is 13.3 Å². The molecule has 0 saturated heterocycles. The lowest BCUT2D eigenvalue weighted by Gasteiger charge is -2.34. The maximum Gasteiger partial charge on any atom is 0.323 e. The molecule has 1 unspecified atom stereocenters. The Morgan fingerprint density at radius 2 is 2.29 bits per heavy atom. The highest BCUT2D eigenvalue weighted by Gasteiger charge is 2.36. The van der Waals surface area contributed by atoms with Crippen LogP contribution < -0.4 is 0 Å². The van der Waals surface area contributed by atoms with E-state index in [1.807, 2.05) is 32.1 Å². The number of hydrogen-bond acceptors (Lipinski definition) is 3. The molecule has 1 atom stereocenters. The average molecular weight is 239 g/mol. The SMILES string of the molecule is CCCC(C)(C(=O)O)N(C)Cc1cnn(C)c1. The third-order valence-corrected chi connectivity index (χ3v) is 3.22. The Hall–Kier alpha value is -1.36. The lowest BCUT2D eigenvalue weighted by Crippen LogP contribution is -2.49. The van der Waals surface area contributed by atoms with Crippen molar-refractivity contribution in [3.8, 4) is 0 Å². The molecule has 1 aromatic heterocycles. The molecular weight excluding hydrogens is 218 g/mol. The summed E-state index contributed by atoms with van der Waals surface area (Å²) < 4.78 is 1.72. The van der Waals surface area contributed by atoms with Gasteiger partial charge in [-0.3, -0.25) is 14.4 Å². The van der Waals surface area contributed by atoms with E-state index in [1.54, 1.807) is 17.8 Å². The Kier molecular flexibility index (Phi) is 4.28. The van der Waals surface area contributed by atoms with E-state index < -0.39 is 11.5 Å². The monoisotopic (exact) mass is 239 g/mol. The summed E-state index contributed by atoms with van der Waals surface area (Å²) in [4.78, 5) is 13.3. The summed E-state index contributed by atoms with van der Waals surface area (Å²) in [5, 5.41) is 13.4. The Morgan fingerprint density at radius 3 is 2.71 bits per heavy atom. The van der Waals surface area contributed by atoms with Crippen molar-refractivity contribution < 1.29 is 9.90 Å². The van der Waals surface area contributed by atoms with E-state index >= 15 is 0 Å². The molecule has 96 valence electrons. The smallest absolute Gasteiger partial charge is 0.323 e. The van der Waals surface area contributed by atoms with E-state index in [0.29, 0.717) is 13.0 Å². The molecule has 1 aromatic rings. The van der Waals surface area contributed by atoms with Gasteiger partial charge in [0.2, 0.25) is 0 Å². The molecule has 0 aliphatic carbocycles. The van der Waals surface area contributed by atoms with Crippen molar-refractivity contribution in [2.45, 2.75) is 38.8 Å². The number of aromatic nitrogens is 2. The number of rotatable bonds is 6. The topological polar surface area (TPSA) is 58.4 Å². The lowest BCUT2D eigenvalue weighted by atomic mass is 9.94. The van der Waals surface area contributed by atoms with E-state index in [-0.39, 0.29) is 0 Å². The molecule has 0 aromatic carbocycles. The fourth-order valence-electron chi connectivity index (χ4n) is 1.95. The minimum atomic E-state index is -0.815. The Balaban J connectivity index is 2.78. The second-order valence-corrected chi connectivity index (χ2v) is 4.71. The zero-order valence-electron chi connectivity index (χ0n) is 11.0. The summed E-state index contributed by atoms with van der Waals surface area (Å²) in [5.74, 6) is -0.772. The van der Waals surface area contributed by atoms with E-state index in [4.69, 9.17) is 0 Å². The fourth-order valence-corrected chi connectivity index (χ4v) is 1.95. The molecule has 17 heavy (non-hydrogen) atoms. The van der Waals surface area contributed by atoms with Crippen molar-refractivity contribution in [3.63, 3.8) is 0 Å². The van der Waals surface area contributed by atoms with Crippen LogP contribution in [0, 0.1) is 0 Å². The average Bonchev–Trinajstić information content (AvgIpc) is 2.63. The molecule has 0 amide bonds. The number of carbonyl (C=O) groups is 1. The van der Waals surface area contributed by atoms with Crippen LogP contribution in [0.2, 0.25) is 0 Å². The van der Waals surface area contributed by atoms with Crippen molar-refractivity contribution in [2.75, 3.05) is 7.05 Å². The molecule has 0 fully saturated rings. The van der Waals surface area contributed by atoms with Gasteiger partial charge in [0.25, 0.3) is 0 Å². The molecule has 5 heteroatoms. The largest absolute Gasteiger partial charge is 0.480 e. The molecule has 1 N–H and O–H groups in total. The van der Waals surface area contributed by atoms with Crippen molar-refractivity contribution in [1.82, 2.24) is 14.7 Å². The minimum absolute atomic E-state index is 0.594. The molecule has 5 nitrogen and oxygen atoms in total. The maximum absolute atomic E-state index is 11.4. The van der Waals surface area contributed by atoms with Gasteiger partial charge in [0, 0.05) is 25.4 Å². The van der Waals surface area contributed by atoms with Crippen molar-refractivity contribution in [1.29, 1.82) is 0 Å². The van der Waals surface area contributed by atoms with Gasteiger partial charge in [0.15, 0.2) is 0 Å².